The number of imidazole rings is 1. The van der Waals surface area contributed by atoms with Crippen LogP contribution in [0.4, 0.5) is 4.39 Å². The van der Waals surface area contributed by atoms with Gasteiger partial charge in [-0.15, -0.1) is 0 Å². The van der Waals surface area contributed by atoms with Crippen molar-refractivity contribution in [2.45, 2.75) is 13.0 Å². The predicted molar refractivity (Wildman–Crippen MR) is 63.5 cm³/mol. The van der Waals surface area contributed by atoms with Crippen molar-refractivity contribution in [3.8, 4) is 11.8 Å². The Kier molecular flexibility index (Phi) is 3.92. The molecule has 2 rings (SSSR count). The van der Waals surface area contributed by atoms with Crippen molar-refractivity contribution in [1.82, 2.24) is 9.55 Å². The van der Waals surface area contributed by atoms with Gasteiger partial charge in [0, 0.05) is 18.9 Å². The van der Waals surface area contributed by atoms with Crippen molar-refractivity contribution in [2.75, 3.05) is 6.61 Å². The van der Waals surface area contributed by atoms with Crippen LogP contribution in [0.3, 0.4) is 0 Å². The highest BCUT2D eigenvalue weighted by atomic mass is 19.1. The van der Waals surface area contributed by atoms with Gasteiger partial charge in [0.15, 0.2) is 0 Å². The predicted octanol–water partition coefficient (Wildman–Crippen LogP) is 2.36. The van der Waals surface area contributed by atoms with Gasteiger partial charge >= 0.3 is 0 Å². The van der Waals surface area contributed by atoms with E-state index < -0.39 is 5.82 Å². The van der Waals surface area contributed by atoms with Crippen LogP contribution in [0.25, 0.3) is 0 Å². The fourth-order valence-corrected chi connectivity index (χ4v) is 1.58. The van der Waals surface area contributed by atoms with Crippen molar-refractivity contribution in [2.24, 2.45) is 0 Å². The summed E-state index contributed by atoms with van der Waals surface area (Å²) in [5.74, 6) is -0.257. The van der Waals surface area contributed by atoms with Gasteiger partial charge in [-0.05, 0) is 18.6 Å². The third kappa shape index (κ3) is 2.86. The van der Waals surface area contributed by atoms with E-state index in [-0.39, 0.29) is 5.56 Å². The van der Waals surface area contributed by atoms with Crippen molar-refractivity contribution >= 4 is 0 Å². The maximum atomic E-state index is 13.3. The second-order valence-corrected chi connectivity index (χ2v) is 3.73. The number of benzene rings is 1. The Hall–Kier alpha value is -2.35. The first-order valence-corrected chi connectivity index (χ1v) is 5.58. The third-order valence-corrected chi connectivity index (χ3v) is 2.46. The molecule has 1 heterocycles. The summed E-state index contributed by atoms with van der Waals surface area (Å²) in [5.41, 5.74) is -0.0415. The van der Waals surface area contributed by atoms with E-state index in [0.717, 1.165) is 13.0 Å². The standard InChI is InChI=1S/C13H12FN3O/c14-12-3-1-4-13(11(12)9-15)18-8-2-6-17-7-5-16-10-17/h1,3-5,7,10H,2,6,8H2. The maximum Gasteiger partial charge on any atom is 0.144 e. The Labute approximate surface area is 104 Å². The van der Waals surface area contributed by atoms with Crippen LogP contribution in [-0.2, 0) is 6.54 Å². The molecule has 0 amide bonds. The van der Waals surface area contributed by atoms with Crippen molar-refractivity contribution in [1.29, 1.82) is 5.26 Å². The van der Waals surface area contributed by atoms with Gasteiger partial charge in [-0.25, -0.2) is 9.37 Å². The summed E-state index contributed by atoms with van der Waals surface area (Å²) in [6.45, 7) is 1.20. The van der Waals surface area contributed by atoms with E-state index in [1.807, 2.05) is 10.8 Å². The number of aryl methyl sites for hydroxylation is 1. The summed E-state index contributed by atoms with van der Waals surface area (Å²) in [7, 11) is 0. The van der Waals surface area contributed by atoms with Gasteiger partial charge in [0.05, 0.1) is 12.9 Å². The highest BCUT2D eigenvalue weighted by Crippen LogP contribution is 2.20. The molecule has 4 nitrogen and oxygen atoms in total. The fourth-order valence-electron chi connectivity index (χ4n) is 1.58. The number of halogens is 1. The molecule has 0 aliphatic rings. The molecule has 0 unspecified atom stereocenters. The van der Waals surface area contributed by atoms with Crippen LogP contribution in [0.1, 0.15) is 12.0 Å². The van der Waals surface area contributed by atoms with E-state index in [1.54, 1.807) is 24.7 Å². The van der Waals surface area contributed by atoms with Crippen LogP contribution < -0.4 is 4.74 Å². The quantitative estimate of drug-likeness (QED) is 0.760. The normalized spacial score (nSPS) is 10.0. The van der Waals surface area contributed by atoms with Crippen molar-refractivity contribution < 1.29 is 9.13 Å². The number of hydrogen-bond donors (Lipinski definition) is 0. The first-order valence-electron chi connectivity index (χ1n) is 5.58. The van der Waals surface area contributed by atoms with Crippen LogP contribution in [-0.4, -0.2) is 16.2 Å². The van der Waals surface area contributed by atoms with Crippen molar-refractivity contribution in [3.05, 3.63) is 48.3 Å². The Morgan fingerprint density at radius 1 is 1.44 bits per heavy atom. The molecule has 2 aromatic rings. The third-order valence-electron chi connectivity index (χ3n) is 2.46. The van der Waals surface area contributed by atoms with Crippen LogP contribution in [0.15, 0.2) is 36.9 Å². The van der Waals surface area contributed by atoms with Crippen LogP contribution in [0.2, 0.25) is 0 Å². The summed E-state index contributed by atoms with van der Waals surface area (Å²) in [4.78, 5) is 3.93. The molecule has 0 atom stereocenters. The monoisotopic (exact) mass is 245 g/mol. The van der Waals surface area contributed by atoms with Crippen molar-refractivity contribution in [3.63, 3.8) is 0 Å². The molecule has 0 fully saturated rings. The smallest absolute Gasteiger partial charge is 0.144 e. The summed E-state index contributed by atoms with van der Waals surface area (Å²) >= 11 is 0. The molecule has 5 heteroatoms. The Morgan fingerprint density at radius 2 is 2.33 bits per heavy atom. The minimum absolute atomic E-state index is 0.0415. The Bertz CT molecular complexity index is 546. The first kappa shape index (κ1) is 12.1. The number of hydrogen-bond acceptors (Lipinski definition) is 3. The molecule has 0 aliphatic carbocycles. The largest absolute Gasteiger partial charge is 0.492 e. The lowest BCUT2D eigenvalue weighted by Crippen LogP contribution is -2.04. The molecule has 0 bridgehead atoms. The molecule has 0 radical (unpaired) electrons. The van der Waals surface area contributed by atoms with E-state index >= 15 is 0 Å². The lowest BCUT2D eigenvalue weighted by atomic mass is 10.2. The second-order valence-electron chi connectivity index (χ2n) is 3.73. The van der Waals surface area contributed by atoms with Crippen LogP contribution in [0.5, 0.6) is 5.75 Å². The van der Waals surface area contributed by atoms with E-state index in [9.17, 15) is 4.39 Å². The fraction of sp³-hybridized carbons (Fsp3) is 0.231. The summed E-state index contributed by atoms with van der Waals surface area (Å²) in [6.07, 6.45) is 6.06. The molecular formula is C13H12FN3O. The van der Waals surface area contributed by atoms with Crippen LogP contribution >= 0.6 is 0 Å². The average molecular weight is 245 g/mol. The highest BCUT2D eigenvalue weighted by molar-refractivity contribution is 5.43. The number of ether oxygens (including phenoxy) is 1. The molecule has 1 aromatic heterocycles. The number of rotatable bonds is 5. The molecule has 1 aromatic carbocycles. The Balaban J connectivity index is 1.87. The number of aromatic nitrogens is 2. The lowest BCUT2D eigenvalue weighted by molar-refractivity contribution is 0.299. The highest BCUT2D eigenvalue weighted by Gasteiger charge is 2.08. The average Bonchev–Trinajstić information content (AvgIpc) is 2.88. The lowest BCUT2D eigenvalue weighted by Gasteiger charge is -2.08. The van der Waals surface area contributed by atoms with Crippen LogP contribution in [0, 0.1) is 17.1 Å². The molecule has 92 valence electrons. The zero-order chi connectivity index (χ0) is 12.8. The summed E-state index contributed by atoms with van der Waals surface area (Å²) < 4.78 is 20.6. The second kappa shape index (κ2) is 5.82. The van der Waals surface area contributed by atoms with Gasteiger partial charge in [-0.2, -0.15) is 5.26 Å². The van der Waals surface area contributed by atoms with Gasteiger partial charge in [0.25, 0.3) is 0 Å². The van der Waals surface area contributed by atoms with E-state index in [2.05, 4.69) is 4.98 Å². The summed E-state index contributed by atoms with van der Waals surface area (Å²) in [6, 6.07) is 6.18. The van der Waals surface area contributed by atoms with E-state index in [1.165, 1.54) is 12.1 Å². The van der Waals surface area contributed by atoms with E-state index in [4.69, 9.17) is 10.00 Å². The number of nitriles is 1. The van der Waals surface area contributed by atoms with Gasteiger partial charge in [0.2, 0.25) is 0 Å². The Morgan fingerprint density at radius 3 is 3.06 bits per heavy atom. The molecule has 0 spiro atoms. The zero-order valence-electron chi connectivity index (χ0n) is 9.71. The zero-order valence-corrected chi connectivity index (χ0v) is 9.71. The van der Waals surface area contributed by atoms with Gasteiger partial charge in [-0.3, -0.25) is 0 Å². The van der Waals surface area contributed by atoms with Gasteiger partial charge < -0.3 is 9.30 Å². The summed E-state index contributed by atoms with van der Waals surface area (Å²) in [5, 5.41) is 8.82. The minimum atomic E-state index is -0.551. The van der Waals surface area contributed by atoms with Gasteiger partial charge in [0.1, 0.15) is 23.2 Å². The van der Waals surface area contributed by atoms with Gasteiger partial charge in [-0.1, -0.05) is 6.07 Å². The van der Waals surface area contributed by atoms with E-state index in [0.29, 0.717) is 12.4 Å². The topological polar surface area (TPSA) is 50.8 Å². The molecule has 18 heavy (non-hydrogen) atoms. The SMILES string of the molecule is N#Cc1c(F)cccc1OCCCn1ccnc1. The number of nitrogens with zero attached hydrogens (tertiary/aromatic N) is 3. The molecule has 0 saturated carbocycles. The minimum Gasteiger partial charge on any atom is -0.492 e. The molecule has 0 aliphatic heterocycles. The molecule has 0 saturated heterocycles. The molecular weight excluding hydrogens is 233 g/mol. The first-order chi connectivity index (χ1) is 8.81. The maximum absolute atomic E-state index is 13.3. The molecule has 0 N–H and O–H groups in total.